The normalized spacial score (nSPS) is 11.8. The molecule has 0 aliphatic carbocycles. The minimum atomic E-state index is -3.00. The first-order valence-electron chi connectivity index (χ1n) is 6.05. The quantitative estimate of drug-likeness (QED) is 0.747. The summed E-state index contributed by atoms with van der Waals surface area (Å²) in [6, 6.07) is 6.61. The molecule has 108 valence electrons. The molecule has 2 aromatic heterocycles. The molecule has 0 saturated carbocycles. The smallest absolute Gasteiger partial charge is 0.287 e. The Balaban J connectivity index is 1.91. The molecule has 3 aromatic rings. The Hall–Kier alpha value is -2.09. The molecule has 0 fully saturated rings. The van der Waals surface area contributed by atoms with Gasteiger partial charge in [0.15, 0.2) is 0 Å². The number of hydrogen-bond donors (Lipinski definition) is 2. The summed E-state index contributed by atoms with van der Waals surface area (Å²) in [5, 5.41) is 10.7. The zero-order valence-electron chi connectivity index (χ0n) is 10.9. The van der Waals surface area contributed by atoms with Gasteiger partial charge in [-0.1, -0.05) is 0 Å². The molecule has 2 heterocycles. The van der Waals surface area contributed by atoms with Crippen LogP contribution >= 0.6 is 15.9 Å². The van der Waals surface area contributed by atoms with Crippen molar-refractivity contribution in [1.29, 1.82) is 0 Å². The van der Waals surface area contributed by atoms with E-state index < -0.39 is 5.92 Å². The zero-order valence-corrected chi connectivity index (χ0v) is 12.4. The summed E-state index contributed by atoms with van der Waals surface area (Å²) in [5.41, 5.74) is 1.07. The van der Waals surface area contributed by atoms with Gasteiger partial charge in [0, 0.05) is 24.2 Å². The summed E-state index contributed by atoms with van der Waals surface area (Å²) in [6.07, 6.45) is 1.30. The zero-order chi connectivity index (χ0) is 15.0. The van der Waals surface area contributed by atoms with Crippen LogP contribution in [0, 0.1) is 0 Å². The Morgan fingerprint density at radius 1 is 1.29 bits per heavy atom. The molecule has 8 heteroatoms. The number of benzene rings is 1. The maximum absolute atomic E-state index is 13.2. The Bertz CT molecular complexity index is 797. The van der Waals surface area contributed by atoms with Crippen molar-refractivity contribution < 1.29 is 8.78 Å². The van der Waals surface area contributed by atoms with E-state index in [1.54, 1.807) is 12.1 Å². The van der Waals surface area contributed by atoms with E-state index in [1.165, 1.54) is 12.3 Å². The van der Waals surface area contributed by atoms with Gasteiger partial charge in [-0.05, 0) is 40.2 Å². The second-order valence-corrected chi connectivity index (χ2v) is 5.34. The monoisotopic (exact) mass is 353 g/mol. The summed E-state index contributed by atoms with van der Waals surface area (Å²) >= 11 is 3.34. The second kappa shape index (κ2) is 5.03. The highest BCUT2D eigenvalue weighted by atomic mass is 79.9. The Morgan fingerprint density at radius 3 is 2.86 bits per heavy atom. The van der Waals surface area contributed by atoms with Crippen molar-refractivity contribution in [1.82, 2.24) is 20.2 Å². The maximum Gasteiger partial charge on any atom is 0.287 e. The van der Waals surface area contributed by atoms with Crippen molar-refractivity contribution in [2.75, 3.05) is 5.32 Å². The third kappa shape index (κ3) is 2.85. The molecule has 0 atom stereocenters. The Kier molecular flexibility index (Phi) is 3.32. The van der Waals surface area contributed by atoms with Crippen LogP contribution in [0.2, 0.25) is 0 Å². The summed E-state index contributed by atoms with van der Waals surface area (Å²) in [4.78, 5) is 7.76. The van der Waals surface area contributed by atoms with E-state index in [9.17, 15) is 8.78 Å². The molecule has 0 amide bonds. The highest BCUT2D eigenvalue weighted by Crippen LogP contribution is 2.27. The average Bonchev–Trinajstić information content (AvgIpc) is 2.79. The first-order chi connectivity index (χ1) is 9.93. The number of hydrogen-bond acceptors (Lipinski definition) is 4. The van der Waals surface area contributed by atoms with Crippen LogP contribution in [-0.2, 0) is 5.92 Å². The van der Waals surface area contributed by atoms with Gasteiger partial charge in [-0.2, -0.15) is 13.9 Å². The third-order valence-electron chi connectivity index (χ3n) is 2.87. The number of nitrogens with zero attached hydrogens (tertiary/aromatic N) is 3. The van der Waals surface area contributed by atoms with Gasteiger partial charge in [-0.3, -0.25) is 5.10 Å². The van der Waals surface area contributed by atoms with Crippen molar-refractivity contribution in [3.63, 3.8) is 0 Å². The number of anilines is 2. The van der Waals surface area contributed by atoms with E-state index in [0.717, 1.165) is 22.4 Å². The topological polar surface area (TPSA) is 66.5 Å². The van der Waals surface area contributed by atoms with E-state index >= 15 is 0 Å². The van der Waals surface area contributed by atoms with Crippen molar-refractivity contribution >= 4 is 38.5 Å². The number of nitrogens with one attached hydrogen (secondary N) is 2. The molecular weight excluding hydrogens is 344 g/mol. The minimum absolute atomic E-state index is 0.114. The van der Waals surface area contributed by atoms with E-state index in [-0.39, 0.29) is 11.6 Å². The van der Waals surface area contributed by atoms with Crippen LogP contribution in [0.25, 0.3) is 10.9 Å². The predicted molar refractivity (Wildman–Crippen MR) is 78.7 cm³/mol. The van der Waals surface area contributed by atoms with Crippen molar-refractivity contribution in [2.45, 2.75) is 12.8 Å². The van der Waals surface area contributed by atoms with Crippen molar-refractivity contribution in [3.05, 3.63) is 40.8 Å². The summed E-state index contributed by atoms with van der Waals surface area (Å²) in [7, 11) is 0. The number of aromatic nitrogens is 4. The lowest BCUT2D eigenvalue weighted by Crippen LogP contribution is -2.11. The molecule has 0 aliphatic heterocycles. The van der Waals surface area contributed by atoms with Crippen LogP contribution in [0.15, 0.2) is 35.1 Å². The standard InChI is InChI=1S/C13H10BrF2N5/c1-13(15,16)10-4-5-17-12(19-10)18-7-2-3-8-9(6-7)20-21-11(8)14/h2-6H,1H3,(H,20,21)(H,17,18,19). The van der Waals surface area contributed by atoms with Crippen LogP contribution in [0.1, 0.15) is 12.6 Å². The summed E-state index contributed by atoms with van der Waals surface area (Å²) in [6.45, 7) is 0.798. The number of rotatable bonds is 3. The molecule has 0 unspecified atom stereocenters. The number of H-pyrrole nitrogens is 1. The van der Waals surface area contributed by atoms with Gasteiger partial charge >= 0.3 is 0 Å². The van der Waals surface area contributed by atoms with E-state index in [2.05, 4.69) is 41.4 Å². The number of alkyl halides is 2. The molecule has 0 radical (unpaired) electrons. The molecule has 5 nitrogen and oxygen atoms in total. The number of halogens is 3. The van der Waals surface area contributed by atoms with Crippen molar-refractivity contribution in [2.24, 2.45) is 0 Å². The van der Waals surface area contributed by atoms with Crippen LogP contribution in [-0.4, -0.2) is 20.2 Å². The molecule has 0 saturated heterocycles. The van der Waals surface area contributed by atoms with Gasteiger partial charge in [0.05, 0.1) is 5.52 Å². The molecule has 0 aliphatic rings. The van der Waals surface area contributed by atoms with Gasteiger partial charge in [-0.15, -0.1) is 0 Å². The highest BCUT2D eigenvalue weighted by molar-refractivity contribution is 9.10. The Labute approximate surface area is 126 Å². The molecule has 2 N–H and O–H groups in total. The predicted octanol–water partition coefficient (Wildman–Crippen LogP) is 3.97. The summed E-state index contributed by atoms with van der Waals surface area (Å²) in [5.74, 6) is -2.89. The van der Waals surface area contributed by atoms with Gasteiger partial charge in [0.2, 0.25) is 5.95 Å². The molecule has 0 spiro atoms. The second-order valence-electron chi connectivity index (χ2n) is 4.55. The fourth-order valence-corrected chi connectivity index (χ4v) is 2.27. The van der Waals surface area contributed by atoms with Crippen LogP contribution in [0.4, 0.5) is 20.4 Å². The van der Waals surface area contributed by atoms with Crippen molar-refractivity contribution in [3.8, 4) is 0 Å². The highest BCUT2D eigenvalue weighted by Gasteiger charge is 2.26. The first-order valence-corrected chi connectivity index (χ1v) is 6.85. The fraction of sp³-hybridized carbons (Fsp3) is 0.154. The third-order valence-corrected chi connectivity index (χ3v) is 3.47. The Morgan fingerprint density at radius 2 is 2.10 bits per heavy atom. The van der Waals surface area contributed by atoms with Gasteiger partial charge < -0.3 is 5.32 Å². The van der Waals surface area contributed by atoms with Gasteiger partial charge in [0.25, 0.3) is 5.92 Å². The van der Waals surface area contributed by atoms with E-state index in [1.807, 2.05) is 6.07 Å². The molecule has 3 rings (SSSR count). The van der Waals surface area contributed by atoms with Gasteiger partial charge in [-0.25, -0.2) is 9.97 Å². The van der Waals surface area contributed by atoms with Gasteiger partial charge in [0.1, 0.15) is 10.3 Å². The van der Waals surface area contributed by atoms with E-state index in [0.29, 0.717) is 5.69 Å². The lowest BCUT2D eigenvalue weighted by molar-refractivity contribution is 0.0128. The largest absolute Gasteiger partial charge is 0.324 e. The maximum atomic E-state index is 13.2. The number of fused-ring (bicyclic) bond motifs is 1. The summed E-state index contributed by atoms with van der Waals surface area (Å²) < 4.78 is 27.3. The average molecular weight is 354 g/mol. The van der Waals surface area contributed by atoms with Crippen LogP contribution in [0.5, 0.6) is 0 Å². The van der Waals surface area contributed by atoms with E-state index in [4.69, 9.17) is 0 Å². The van der Waals surface area contributed by atoms with Crippen LogP contribution < -0.4 is 5.32 Å². The molecule has 21 heavy (non-hydrogen) atoms. The lowest BCUT2D eigenvalue weighted by atomic mass is 10.2. The first kappa shape index (κ1) is 13.9. The molecule has 0 bridgehead atoms. The minimum Gasteiger partial charge on any atom is -0.324 e. The molecular formula is C13H10BrF2N5. The number of aromatic amines is 1. The SMILES string of the molecule is CC(F)(F)c1ccnc(Nc2ccc3c(Br)[nH]nc3c2)n1. The fourth-order valence-electron chi connectivity index (χ4n) is 1.85. The molecule has 1 aromatic carbocycles. The van der Waals surface area contributed by atoms with Crippen LogP contribution in [0.3, 0.4) is 0 Å². The lowest BCUT2D eigenvalue weighted by Gasteiger charge is -2.11.